The molecule has 0 aromatic carbocycles. The molecule has 0 aliphatic heterocycles. The summed E-state index contributed by atoms with van der Waals surface area (Å²) in [4.78, 5) is 14.1. The quantitative estimate of drug-likeness (QED) is 0.363. The fourth-order valence-electron chi connectivity index (χ4n) is 1.10. The van der Waals surface area contributed by atoms with Crippen molar-refractivity contribution in [3.8, 4) is 0 Å². The molecule has 0 aromatic heterocycles. The second kappa shape index (κ2) is 7.22. The molecule has 0 aliphatic rings. The third-order valence-corrected chi connectivity index (χ3v) is 1.77. The summed E-state index contributed by atoms with van der Waals surface area (Å²) < 4.78 is 0. The van der Waals surface area contributed by atoms with Crippen molar-refractivity contribution in [2.24, 2.45) is 16.1 Å². The maximum absolute atomic E-state index is 10.6. The van der Waals surface area contributed by atoms with Gasteiger partial charge in [0.05, 0.1) is 0 Å². The zero-order chi connectivity index (χ0) is 12.6. The number of rotatable bonds is 5. The molecule has 0 aliphatic carbocycles. The van der Waals surface area contributed by atoms with Crippen molar-refractivity contribution < 1.29 is 4.79 Å². The van der Waals surface area contributed by atoms with Crippen molar-refractivity contribution in [2.45, 2.75) is 34.1 Å². The molecule has 0 heterocycles. The van der Waals surface area contributed by atoms with Gasteiger partial charge in [-0.25, -0.2) is 0 Å². The molecule has 0 saturated carbocycles. The Kier molecular flexibility index (Phi) is 6.72. The van der Waals surface area contributed by atoms with Crippen LogP contribution < -0.4 is 16.4 Å². The van der Waals surface area contributed by atoms with E-state index >= 15 is 0 Å². The average molecular weight is 228 g/mol. The second-order valence-electron chi connectivity index (χ2n) is 5.03. The van der Waals surface area contributed by atoms with E-state index in [0.717, 1.165) is 26.1 Å². The predicted molar refractivity (Wildman–Crippen MR) is 67.2 cm³/mol. The number of guanidine groups is 1. The minimum absolute atomic E-state index is 0.198. The third kappa shape index (κ3) is 11.0. The first-order valence-electron chi connectivity index (χ1n) is 5.60. The van der Waals surface area contributed by atoms with Gasteiger partial charge >= 0.3 is 0 Å². The SMILES string of the molecule is CC(=O)/N=C(/N)NCCCNCC(C)(C)C. The van der Waals surface area contributed by atoms with Crippen LogP contribution in [0.4, 0.5) is 0 Å². The van der Waals surface area contributed by atoms with Gasteiger partial charge in [-0.05, 0) is 24.9 Å². The number of aliphatic imine (C=N–C) groups is 1. The van der Waals surface area contributed by atoms with E-state index in [1.807, 2.05) is 0 Å². The highest BCUT2D eigenvalue weighted by Gasteiger charge is 2.07. The average Bonchev–Trinajstić information content (AvgIpc) is 2.07. The number of nitrogens with one attached hydrogen (secondary N) is 2. The normalized spacial score (nSPS) is 12.6. The van der Waals surface area contributed by atoms with E-state index in [9.17, 15) is 4.79 Å². The maximum atomic E-state index is 10.6. The van der Waals surface area contributed by atoms with Crippen LogP contribution in [0.2, 0.25) is 0 Å². The van der Waals surface area contributed by atoms with Gasteiger partial charge in [0.15, 0.2) is 5.96 Å². The first-order valence-corrected chi connectivity index (χ1v) is 5.60. The Morgan fingerprint density at radius 2 is 1.94 bits per heavy atom. The molecule has 0 unspecified atom stereocenters. The molecule has 5 nitrogen and oxygen atoms in total. The maximum Gasteiger partial charge on any atom is 0.245 e. The number of carbonyl (C=O) groups excluding carboxylic acids is 1. The molecule has 5 heteroatoms. The summed E-state index contributed by atoms with van der Waals surface area (Å²) in [6, 6.07) is 0. The highest BCUT2D eigenvalue weighted by molar-refractivity contribution is 5.91. The molecule has 16 heavy (non-hydrogen) atoms. The molecular weight excluding hydrogens is 204 g/mol. The van der Waals surface area contributed by atoms with Crippen LogP contribution >= 0.6 is 0 Å². The summed E-state index contributed by atoms with van der Waals surface area (Å²) in [5.74, 6) is -0.0841. The summed E-state index contributed by atoms with van der Waals surface area (Å²) in [6.45, 7) is 10.6. The van der Waals surface area contributed by atoms with Crippen LogP contribution in [-0.4, -0.2) is 31.5 Å². The Morgan fingerprint density at radius 1 is 1.31 bits per heavy atom. The van der Waals surface area contributed by atoms with Crippen LogP contribution in [0, 0.1) is 5.41 Å². The summed E-state index contributed by atoms with van der Waals surface area (Å²) in [5, 5.41) is 6.23. The van der Waals surface area contributed by atoms with E-state index < -0.39 is 0 Å². The fraction of sp³-hybridized carbons (Fsp3) is 0.818. The van der Waals surface area contributed by atoms with Gasteiger partial charge in [0, 0.05) is 13.5 Å². The van der Waals surface area contributed by atoms with Crippen molar-refractivity contribution in [1.29, 1.82) is 0 Å². The van der Waals surface area contributed by atoms with E-state index in [-0.39, 0.29) is 11.9 Å². The Morgan fingerprint density at radius 3 is 2.44 bits per heavy atom. The van der Waals surface area contributed by atoms with Crippen LogP contribution in [0.1, 0.15) is 34.1 Å². The third-order valence-electron chi connectivity index (χ3n) is 1.77. The Bertz CT molecular complexity index is 243. The molecule has 0 atom stereocenters. The first kappa shape index (κ1) is 14.9. The first-order chi connectivity index (χ1) is 7.31. The van der Waals surface area contributed by atoms with E-state index in [1.54, 1.807) is 0 Å². The molecule has 0 spiro atoms. The predicted octanol–water partition coefficient (Wildman–Crippen LogP) is 0.463. The van der Waals surface area contributed by atoms with Crippen molar-refractivity contribution in [1.82, 2.24) is 10.6 Å². The monoisotopic (exact) mass is 228 g/mol. The van der Waals surface area contributed by atoms with Gasteiger partial charge in [0.2, 0.25) is 5.91 Å². The largest absolute Gasteiger partial charge is 0.370 e. The molecule has 94 valence electrons. The summed E-state index contributed by atoms with van der Waals surface area (Å²) in [6.07, 6.45) is 0.949. The molecule has 0 saturated heterocycles. The molecule has 0 rings (SSSR count). The van der Waals surface area contributed by atoms with Gasteiger partial charge < -0.3 is 16.4 Å². The van der Waals surface area contributed by atoms with Gasteiger partial charge in [-0.3, -0.25) is 4.79 Å². The van der Waals surface area contributed by atoms with Crippen LogP contribution in [0.15, 0.2) is 4.99 Å². The molecular formula is C11H24N4O. The summed E-state index contributed by atoms with van der Waals surface area (Å²) in [5.41, 5.74) is 5.76. The molecule has 0 aromatic rings. The van der Waals surface area contributed by atoms with Gasteiger partial charge in [-0.1, -0.05) is 20.8 Å². The van der Waals surface area contributed by atoms with E-state index in [4.69, 9.17) is 5.73 Å². The smallest absolute Gasteiger partial charge is 0.245 e. The highest BCUT2D eigenvalue weighted by Crippen LogP contribution is 2.09. The van der Waals surface area contributed by atoms with E-state index in [0.29, 0.717) is 5.41 Å². The number of amides is 1. The zero-order valence-corrected chi connectivity index (χ0v) is 10.8. The number of hydrogen-bond acceptors (Lipinski definition) is 2. The number of nitrogens with two attached hydrogens (primary N) is 1. The standard InChI is InChI=1S/C11H24N4O/c1-9(16)15-10(12)14-7-5-6-13-8-11(2,3)4/h13H,5-8H2,1-4H3,(H3,12,14,15,16). The topological polar surface area (TPSA) is 79.5 Å². The summed E-state index contributed by atoms with van der Waals surface area (Å²) >= 11 is 0. The fourth-order valence-corrected chi connectivity index (χ4v) is 1.10. The lowest BCUT2D eigenvalue weighted by Gasteiger charge is -2.18. The lowest BCUT2D eigenvalue weighted by Crippen LogP contribution is -2.35. The zero-order valence-electron chi connectivity index (χ0n) is 10.8. The highest BCUT2D eigenvalue weighted by atomic mass is 16.1. The lowest BCUT2D eigenvalue weighted by molar-refractivity contribution is -0.115. The molecule has 0 radical (unpaired) electrons. The molecule has 1 amide bonds. The number of nitrogens with zero attached hydrogens (tertiary/aromatic N) is 1. The van der Waals surface area contributed by atoms with E-state index in [1.165, 1.54) is 6.92 Å². The van der Waals surface area contributed by atoms with Crippen molar-refractivity contribution in [2.75, 3.05) is 19.6 Å². The van der Waals surface area contributed by atoms with Gasteiger partial charge in [-0.2, -0.15) is 4.99 Å². The minimum Gasteiger partial charge on any atom is -0.370 e. The van der Waals surface area contributed by atoms with Crippen LogP contribution in [0.5, 0.6) is 0 Å². The van der Waals surface area contributed by atoms with Crippen molar-refractivity contribution in [3.05, 3.63) is 0 Å². The van der Waals surface area contributed by atoms with Gasteiger partial charge in [0.1, 0.15) is 0 Å². The van der Waals surface area contributed by atoms with Crippen molar-refractivity contribution >= 4 is 11.9 Å². The second-order valence-corrected chi connectivity index (χ2v) is 5.03. The van der Waals surface area contributed by atoms with Crippen LogP contribution in [0.3, 0.4) is 0 Å². The Hall–Kier alpha value is -1.10. The number of hydrogen-bond donors (Lipinski definition) is 3. The van der Waals surface area contributed by atoms with Gasteiger partial charge in [0.25, 0.3) is 0 Å². The summed E-state index contributed by atoms with van der Waals surface area (Å²) in [7, 11) is 0. The van der Waals surface area contributed by atoms with Gasteiger partial charge in [-0.15, -0.1) is 0 Å². The molecule has 0 bridgehead atoms. The molecule has 0 fully saturated rings. The number of carbonyl (C=O) groups is 1. The van der Waals surface area contributed by atoms with E-state index in [2.05, 4.69) is 36.4 Å². The van der Waals surface area contributed by atoms with Crippen LogP contribution in [0.25, 0.3) is 0 Å². The minimum atomic E-state index is -0.282. The van der Waals surface area contributed by atoms with Crippen molar-refractivity contribution in [3.63, 3.8) is 0 Å². The lowest BCUT2D eigenvalue weighted by atomic mass is 9.97. The van der Waals surface area contributed by atoms with Crippen LogP contribution in [-0.2, 0) is 4.79 Å². The Balaban J connectivity index is 3.44. The Labute approximate surface area is 97.9 Å². The molecule has 4 N–H and O–H groups in total.